The summed E-state index contributed by atoms with van der Waals surface area (Å²) in [7, 11) is 0. The molecule has 0 unspecified atom stereocenters. The average molecular weight is 240 g/mol. The largest absolute Gasteiger partial charge is 0.489 e. The van der Waals surface area contributed by atoms with Crippen LogP contribution in [0.25, 0.3) is 0 Å². The van der Waals surface area contributed by atoms with Crippen LogP contribution in [-0.2, 0) is 19.4 Å². The molecule has 18 heavy (non-hydrogen) atoms. The summed E-state index contributed by atoms with van der Waals surface area (Å²) in [5.74, 6) is 0.966. The third-order valence-corrected chi connectivity index (χ3v) is 3.41. The summed E-state index contributed by atoms with van der Waals surface area (Å²) < 4.78 is 5.85. The molecule has 0 spiro atoms. The van der Waals surface area contributed by atoms with Crippen molar-refractivity contribution in [1.29, 1.82) is 0 Å². The molecule has 3 rings (SSSR count). The van der Waals surface area contributed by atoms with Crippen LogP contribution in [-0.4, -0.2) is 11.7 Å². The fourth-order valence-electron chi connectivity index (χ4n) is 2.43. The molecule has 0 amide bonds. The third-order valence-electron chi connectivity index (χ3n) is 3.41. The summed E-state index contributed by atoms with van der Waals surface area (Å²) in [6.07, 6.45) is 1.61. The van der Waals surface area contributed by atoms with Gasteiger partial charge in [0.05, 0.1) is 0 Å². The van der Waals surface area contributed by atoms with Gasteiger partial charge in [-0.3, -0.25) is 0 Å². The van der Waals surface area contributed by atoms with Crippen LogP contribution in [0.15, 0.2) is 42.5 Å². The Morgan fingerprint density at radius 1 is 1.00 bits per heavy atom. The minimum absolute atomic E-state index is 0.191. The number of benzene rings is 2. The maximum absolute atomic E-state index is 9.01. The lowest BCUT2D eigenvalue weighted by Gasteiger charge is -2.08. The van der Waals surface area contributed by atoms with Gasteiger partial charge in [0, 0.05) is 13.0 Å². The zero-order chi connectivity index (χ0) is 12.4. The standard InChI is InChI=1S/C16H16O2/c17-8-7-12-5-6-16-15(9-12)10-13-3-1-2-4-14(13)11-18-16/h1-6,9,17H,7-8,10-11H2. The van der Waals surface area contributed by atoms with Crippen molar-refractivity contribution in [2.75, 3.05) is 6.61 Å². The molecule has 0 bridgehead atoms. The van der Waals surface area contributed by atoms with E-state index >= 15 is 0 Å². The van der Waals surface area contributed by atoms with Crippen molar-refractivity contribution in [2.45, 2.75) is 19.4 Å². The zero-order valence-corrected chi connectivity index (χ0v) is 10.2. The Kier molecular flexibility index (Phi) is 3.03. The van der Waals surface area contributed by atoms with Gasteiger partial charge in [0.1, 0.15) is 12.4 Å². The molecule has 2 aromatic carbocycles. The Labute approximate surface area is 107 Å². The van der Waals surface area contributed by atoms with E-state index in [9.17, 15) is 0 Å². The van der Waals surface area contributed by atoms with Gasteiger partial charge in [-0.1, -0.05) is 36.4 Å². The first-order valence-electron chi connectivity index (χ1n) is 6.29. The highest BCUT2D eigenvalue weighted by Gasteiger charge is 2.13. The van der Waals surface area contributed by atoms with Crippen LogP contribution >= 0.6 is 0 Å². The second-order valence-electron chi connectivity index (χ2n) is 4.65. The van der Waals surface area contributed by atoms with Crippen LogP contribution in [0.5, 0.6) is 5.75 Å². The minimum atomic E-state index is 0.191. The molecule has 1 N–H and O–H groups in total. The first-order chi connectivity index (χ1) is 8.86. The monoisotopic (exact) mass is 240 g/mol. The van der Waals surface area contributed by atoms with Gasteiger partial charge in [-0.25, -0.2) is 0 Å². The SMILES string of the molecule is OCCc1ccc2c(c1)Cc1ccccc1CO2. The normalized spacial score (nSPS) is 13.2. The van der Waals surface area contributed by atoms with E-state index < -0.39 is 0 Å². The van der Waals surface area contributed by atoms with Crippen LogP contribution in [0.1, 0.15) is 22.3 Å². The maximum Gasteiger partial charge on any atom is 0.123 e. The Bertz CT molecular complexity index is 561. The highest BCUT2D eigenvalue weighted by atomic mass is 16.5. The summed E-state index contributed by atoms with van der Waals surface area (Å²) in [4.78, 5) is 0. The lowest BCUT2D eigenvalue weighted by molar-refractivity contribution is 0.298. The van der Waals surface area contributed by atoms with Crippen molar-refractivity contribution in [3.8, 4) is 5.75 Å². The van der Waals surface area contributed by atoms with E-state index in [1.54, 1.807) is 0 Å². The smallest absolute Gasteiger partial charge is 0.123 e. The summed E-state index contributed by atoms with van der Waals surface area (Å²) in [6.45, 7) is 0.832. The van der Waals surface area contributed by atoms with Gasteiger partial charge in [-0.2, -0.15) is 0 Å². The molecule has 0 fully saturated rings. The molecule has 1 aliphatic heterocycles. The number of fused-ring (bicyclic) bond motifs is 2. The van der Waals surface area contributed by atoms with E-state index in [0.29, 0.717) is 13.0 Å². The molecule has 0 aliphatic carbocycles. The van der Waals surface area contributed by atoms with E-state index in [-0.39, 0.29) is 6.61 Å². The summed E-state index contributed by atoms with van der Waals surface area (Å²) >= 11 is 0. The molecule has 2 aromatic rings. The molecule has 0 aromatic heterocycles. The molecular weight excluding hydrogens is 224 g/mol. The molecule has 1 aliphatic rings. The number of rotatable bonds is 2. The van der Waals surface area contributed by atoms with Crippen LogP contribution in [0, 0.1) is 0 Å². The van der Waals surface area contributed by atoms with Gasteiger partial charge in [0.25, 0.3) is 0 Å². The van der Waals surface area contributed by atoms with Crippen LogP contribution in [0.2, 0.25) is 0 Å². The van der Waals surface area contributed by atoms with Gasteiger partial charge in [0.2, 0.25) is 0 Å². The maximum atomic E-state index is 9.01. The number of hydrogen-bond acceptors (Lipinski definition) is 2. The lowest BCUT2D eigenvalue weighted by atomic mass is 9.99. The van der Waals surface area contributed by atoms with Gasteiger partial charge in [-0.15, -0.1) is 0 Å². The lowest BCUT2D eigenvalue weighted by Crippen LogP contribution is -1.96. The Hall–Kier alpha value is -1.80. The first-order valence-corrected chi connectivity index (χ1v) is 6.29. The molecule has 92 valence electrons. The predicted octanol–water partition coefficient (Wildman–Crippen LogP) is 2.70. The highest BCUT2D eigenvalue weighted by Crippen LogP contribution is 2.29. The molecule has 0 saturated carbocycles. The Balaban J connectivity index is 1.99. The van der Waals surface area contributed by atoms with Gasteiger partial charge < -0.3 is 9.84 Å². The molecular formula is C16H16O2. The van der Waals surface area contributed by atoms with Crippen molar-refractivity contribution in [1.82, 2.24) is 0 Å². The first kappa shape index (κ1) is 11.3. The third kappa shape index (κ3) is 2.12. The predicted molar refractivity (Wildman–Crippen MR) is 70.8 cm³/mol. The van der Waals surface area contributed by atoms with Gasteiger partial charge in [0.15, 0.2) is 0 Å². The molecule has 0 saturated heterocycles. The van der Waals surface area contributed by atoms with E-state index in [1.807, 2.05) is 12.1 Å². The minimum Gasteiger partial charge on any atom is -0.489 e. The number of hydrogen-bond donors (Lipinski definition) is 1. The Morgan fingerprint density at radius 2 is 1.83 bits per heavy atom. The fourth-order valence-corrected chi connectivity index (χ4v) is 2.43. The average Bonchev–Trinajstić information content (AvgIpc) is 2.57. The van der Waals surface area contributed by atoms with E-state index in [2.05, 4.69) is 30.3 Å². The van der Waals surface area contributed by atoms with Crippen molar-refractivity contribution in [3.05, 3.63) is 64.7 Å². The highest BCUT2D eigenvalue weighted by molar-refractivity contribution is 5.44. The van der Waals surface area contributed by atoms with E-state index in [1.165, 1.54) is 22.3 Å². The number of ether oxygens (including phenoxy) is 1. The summed E-state index contributed by atoms with van der Waals surface area (Å²) in [5, 5.41) is 9.01. The Morgan fingerprint density at radius 3 is 2.67 bits per heavy atom. The fraction of sp³-hybridized carbons (Fsp3) is 0.250. The van der Waals surface area contributed by atoms with E-state index in [0.717, 1.165) is 12.2 Å². The van der Waals surface area contributed by atoms with Crippen LogP contribution < -0.4 is 4.74 Å². The zero-order valence-electron chi connectivity index (χ0n) is 10.2. The van der Waals surface area contributed by atoms with Crippen LogP contribution in [0.4, 0.5) is 0 Å². The van der Waals surface area contributed by atoms with Crippen molar-refractivity contribution in [2.24, 2.45) is 0 Å². The second-order valence-corrected chi connectivity index (χ2v) is 4.65. The summed E-state index contributed by atoms with van der Waals surface area (Å²) in [5.41, 5.74) is 4.97. The molecule has 2 nitrogen and oxygen atoms in total. The van der Waals surface area contributed by atoms with Crippen LogP contribution in [0.3, 0.4) is 0 Å². The van der Waals surface area contributed by atoms with Crippen molar-refractivity contribution >= 4 is 0 Å². The number of aliphatic hydroxyl groups excluding tert-OH is 1. The molecule has 1 heterocycles. The van der Waals surface area contributed by atoms with Crippen molar-refractivity contribution in [3.63, 3.8) is 0 Å². The van der Waals surface area contributed by atoms with Gasteiger partial charge >= 0.3 is 0 Å². The molecule has 0 atom stereocenters. The topological polar surface area (TPSA) is 29.5 Å². The molecule has 2 heteroatoms. The van der Waals surface area contributed by atoms with Gasteiger partial charge in [-0.05, 0) is 34.7 Å². The van der Waals surface area contributed by atoms with Crippen molar-refractivity contribution < 1.29 is 9.84 Å². The van der Waals surface area contributed by atoms with E-state index in [4.69, 9.17) is 9.84 Å². The quantitative estimate of drug-likeness (QED) is 0.874. The second kappa shape index (κ2) is 4.83. The number of aliphatic hydroxyl groups is 1. The summed E-state index contributed by atoms with van der Waals surface area (Å²) in [6, 6.07) is 14.6. The molecule has 0 radical (unpaired) electrons.